The summed E-state index contributed by atoms with van der Waals surface area (Å²) in [6.07, 6.45) is 0. The number of halogens is 1. The van der Waals surface area contributed by atoms with E-state index in [9.17, 15) is 4.79 Å². The zero-order valence-electron chi connectivity index (χ0n) is 10.4. The molecule has 0 unspecified atom stereocenters. The van der Waals surface area contributed by atoms with E-state index in [4.69, 9.17) is 21.1 Å². The maximum absolute atomic E-state index is 12.0. The average molecular weight is 277 g/mol. The Morgan fingerprint density at radius 3 is 2.47 bits per heavy atom. The number of rotatable bonds is 5. The van der Waals surface area contributed by atoms with Gasteiger partial charge in [0.05, 0.1) is 12.1 Å². The molecule has 2 aromatic carbocycles. The van der Waals surface area contributed by atoms with E-state index in [2.05, 4.69) is 0 Å². The van der Waals surface area contributed by atoms with Crippen molar-refractivity contribution in [2.45, 2.75) is 0 Å². The standard InChI is InChI=1S/C15H13ClO3/c1-18-12-7-8-13(14(16)9-12)15(17)10-19-11-5-3-2-4-6-11/h2-9H,10H2,1H3. The Kier molecular flexibility index (Phi) is 4.42. The Morgan fingerprint density at radius 2 is 1.84 bits per heavy atom. The van der Waals surface area contributed by atoms with Gasteiger partial charge in [0.2, 0.25) is 5.78 Å². The molecule has 0 N–H and O–H groups in total. The molecule has 0 aliphatic heterocycles. The molecule has 0 aliphatic carbocycles. The van der Waals surface area contributed by atoms with E-state index in [1.54, 1.807) is 37.4 Å². The molecule has 0 fully saturated rings. The molecule has 0 atom stereocenters. The quantitative estimate of drug-likeness (QED) is 0.783. The van der Waals surface area contributed by atoms with Gasteiger partial charge in [0.15, 0.2) is 6.61 Å². The Hall–Kier alpha value is -2.00. The number of ketones is 1. The van der Waals surface area contributed by atoms with Gasteiger partial charge in [0, 0.05) is 5.56 Å². The summed E-state index contributed by atoms with van der Waals surface area (Å²) in [7, 11) is 1.55. The van der Waals surface area contributed by atoms with Gasteiger partial charge in [0.25, 0.3) is 0 Å². The summed E-state index contributed by atoms with van der Waals surface area (Å²) < 4.78 is 10.4. The van der Waals surface area contributed by atoms with Gasteiger partial charge in [-0.1, -0.05) is 29.8 Å². The van der Waals surface area contributed by atoms with Crippen molar-refractivity contribution in [2.75, 3.05) is 13.7 Å². The van der Waals surface area contributed by atoms with Crippen LogP contribution in [0.25, 0.3) is 0 Å². The molecule has 0 aromatic heterocycles. The first-order chi connectivity index (χ1) is 9.20. The van der Waals surface area contributed by atoms with Crippen molar-refractivity contribution in [3.63, 3.8) is 0 Å². The van der Waals surface area contributed by atoms with Crippen LogP contribution in [0.15, 0.2) is 48.5 Å². The summed E-state index contributed by atoms with van der Waals surface area (Å²) in [5.74, 6) is 1.10. The highest BCUT2D eigenvalue weighted by Gasteiger charge is 2.12. The van der Waals surface area contributed by atoms with E-state index in [1.165, 1.54) is 0 Å². The van der Waals surface area contributed by atoms with Gasteiger partial charge in [-0.2, -0.15) is 0 Å². The number of para-hydroxylation sites is 1. The fraction of sp³-hybridized carbons (Fsp3) is 0.133. The molecule has 0 saturated heterocycles. The van der Waals surface area contributed by atoms with Crippen LogP contribution in [-0.2, 0) is 0 Å². The van der Waals surface area contributed by atoms with Crippen LogP contribution in [0, 0.1) is 0 Å². The van der Waals surface area contributed by atoms with Crippen LogP contribution in [0.4, 0.5) is 0 Å². The smallest absolute Gasteiger partial charge is 0.201 e. The number of Topliss-reactive ketones (excluding diaryl/α,β-unsaturated/α-hetero) is 1. The van der Waals surface area contributed by atoms with E-state index in [0.717, 1.165) is 0 Å². The monoisotopic (exact) mass is 276 g/mol. The Bertz CT molecular complexity index is 567. The van der Waals surface area contributed by atoms with Crippen molar-refractivity contribution in [3.05, 3.63) is 59.1 Å². The normalized spacial score (nSPS) is 10.0. The highest BCUT2D eigenvalue weighted by Crippen LogP contribution is 2.23. The number of ether oxygens (including phenoxy) is 2. The van der Waals surface area contributed by atoms with Gasteiger partial charge in [0.1, 0.15) is 11.5 Å². The molecule has 98 valence electrons. The van der Waals surface area contributed by atoms with Gasteiger partial charge >= 0.3 is 0 Å². The molecular weight excluding hydrogens is 264 g/mol. The van der Waals surface area contributed by atoms with Gasteiger partial charge in [-0.25, -0.2) is 0 Å². The zero-order chi connectivity index (χ0) is 13.7. The van der Waals surface area contributed by atoms with Gasteiger partial charge in [-0.3, -0.25) is 4.79 Å². The maximum atomic E-state index is 12.0. The van der Waals surface area contributed by atoms with Crippen LogP contribution < -0.4 is 9.47 Å². The van der Waals surface area contributed by atoms with Crippen molar-refractivity contribution in [2.24, 2.45) is 0 Å². The van der Waals surface area contributed by atoms with Crippen molar-refractivity contribution < 1.29 is 14.3 Å². The fourth-order valence-electron chi connectivity index (χ4n) is 1.59. The second-order valence-corrected chi connectivity index (χ2v) is 4.28. The molecule has 4 heteroatoms. The molecule has 19 heavy (non-hydrogen) atoms. The molecule has 3 nitrogen and oxygen atoms in total. The molecule has 0 saturated carbocycles. The third-order valence-corrected chi connectivity index (χ3v) is 2.90. The van der Waals surface area contributed by atoms with Crippen molar-refractivity contribution in [3.8, 4) is 11.5 Å². The first kappa shape index (κ1) is 13.4. The first-order valence-corrected chi connectivity index (χ1v) is 6.13. The molecule has 0 amide bonds. The predicted octanol–water partition coefficient (Wildman–Crippen LogP) is 3.61. The summed E-state index contributed by atoms with van der Waals surface area (Å²) in [5, 5.41) is 0.362. The Labute approximate surface area is 116 Å². The number of hydrogen-bond donors (Lipinski definition) is 0. The molecule has 0 heterocycles. The minimum Gasteiger partial charge on any atom is -0.497 e. The molecular formula is C15H13ClO3. The third-order valence-electron chi connectivity index (χ3n) is 2.59. The van der Waals surface area contributed by atoms with Gasteiger partial charge in [-0.15, -0.1) is 0 Å². The van der Waals surface area contributed by atoms with Gasteiger partial charge < -0.3 is 9.47 Å². The van der Waals surface area contributed by atoms with E-state index < -0.39 is 0 Å². The third kappa shape index (κ3) is 3.48. The van der Waals surface area contributed by atoms with E-state index in [1.807, 2.05) is 18.2 Å². The van der Waals surface area contributed by atoms with Crippen LogP contribution in [0.5, 0.6) is 11.5 Å². The van der Waals surface area contributed by atoms with Gasteiger partial charge in [-0.05, 0) is 30.3 Å². The number of methoxy groups -OCH3 is 1. The van der Waals surface area contributed by atoms with Crippen LogP contribution in [-0.4, -0.2) is 19.5 Å². The highest BCUT2D eigenvalue weighted by molar-refractivity contribution is 6.34. The van der Waals surface area contributed by atoms with Crippen LogP contribution in [0.1, 0.15) is 10.4 Å². The summed E-state index contributed by atoms with van der Waals surface area (Å²) in [5.41, 5.74) is 0.429. The number of carbonyl (C=O) groups is 1. The van der Waals surface area contributed by atoms with E-state index in [-0.39, 0.29) is 12.4 Å². The second kappa shape index (κ2) is 6.25. The SMILES string of the molecule is COc1ccc(C(=O)COc2ccccc2)c(Cl)c1. The largest absolute Gasteiger partial charge is 0.497 e. The molecule has 0 spiro atoms. The Balaban J connectivity index is 2.04. The van der Waals surface area contributed by atoms with Crippen molar-refractivity contribution >= 4 is 17.4 Å². The second-order valence-electron chi connectivity index (χ2n) is 3.87. The molecule has 2 rings (SSSR count). The lowest BCUT2D eigenvalue weighted by Gasteiger charge is -2.07. The topological polar surface area (TPSA) is 35.5 Å². The molecule has 0 bridgehead atoms. The lowest BCUT2D eigenvalue weighted by Crippen LogP contribution is -2.12. The minimum absolute atomic E-state index is 0.0456. The van der Waals surface area contributed by atoms with E-state index in [0.29, 0.717) is 22.1 Å². The molecule has 0 aliphatic rings. The molecule has 2 aromatic rings. The summed E-state index contributed by atoms with van der Waals surface area (Å²) in [4.78, 5) is 12.0. The zero-order valence-corrected chi connectivity index (χ0v) is 11.2. The fourth-order valence-corrected chi connectivity index (χ4v) is 1.87. The Morgan fingerprint density at radius 1 is 1.11 bits per heavy atom. The van der Waals surface area contributed by atoms with Crippen LogP contribution in [0.2, 0.25) is 5.02 Å². The number of carbonyl (C=O) groups excluding carboxylic acids is 1. The first-order valence-electron chi connectivity index (χ1n) is 5.75. The highest BCUT2D eigenvalue weighted by atomic mass is 35.5. The lowest BCUT2D eigenvalue weighted by atomic mass is 10.1. The summed E-state index contributed by atoms with van der Waals surface area (Å²) in [6, 6.07) is 14.1. The predicted molar refractivity (Wildman–Crippen MR) is 74.3 cm³/mol. The van der Waals surface area contributed by atoms with Crippen molar-refractivity contribution in [1.82, 2.24) is 0 Å². The lowest BCUT2D eigenvalue weighted by molar-refractivity contribution is 0.0921. The van der Waals surface area contributed by atoms with Crippen LogP contribution >= 0.6 is 11.6 Å². The summed E-state index contributed by atoms with van der Waals surface area (Å²) in [6.45, 7) is -0.0456. The number of benzene rings is 2. The van der Waals surface area contributed by atoms with E-state index >= 15 is 0 Å². The summed E-state index contributed by atoms with van der Waals surface area (Å²) >= 11 is 6.03. The molecule has 0 radical (unpaired) electrons. The van der Waals surface area contributed by atoms with Crippen molar-refractivity contribution in [1.29, 1.82) is 0 Å². The van der Waals surface area contributed by atoms with Crippen LogP contribution in [0.3, 0.4) is 0 Å². The maximum Gasteiger partial charge on any atom is 0.201 e. The minimum atomic E-state index is -0.170. The number of hydrogen-bond acceptors (Lipinski definition) is 3. The average Bonchev–Trinajstić information content (AvgIpc) is 2.45.